The normalized spacial score (nSPS) is 30.5. The minimum absolute atomic E-state index is 0.304. The minimum atomic E-state index is 0.304. The molecule has 2 unspecified atom stereocenters. The summed E-state index contributed by atoms with van der Waals surface area (Å²) in [7, 11) is 2.20. The van der Waals surface area contributed by atoms with E-state index in [4.69, 9.17) is 9.72 Å². The van der Waals surface area contributed by atoms with Gasteiger partial charge in [0.1, 0.15) is 5.01 Å². The lowest BCUT2D eigenvalue weighted by molar-refractivity contribution is 0.0767. The van der Waals surface area contributed by atoms with E-state index in [0.717, 1.165) is 26.3 Å². The molecule has 3 rings (SSSR count). The van der Waals surface area contributed by atoms with Crippen molar-refractivity contribution in [2.24, 2.45) is 0 Å². The van der Waals surface area contributed by atoms with E-state index < -0.39 is 0 Å². The summed E-state index contributed by atoms with van der Waals surface area (Å²) in [6.07, 6.45) is 2.57. The molecule has 1 aromatic rings. The summed E-state index contributed by atoms with van der Waals surface area (Å²) in [5, 5.41) is 6.91. The van der Waals surface area contributed by atoms with Gasteiger partial charge in [0.05, 0.1) is 24.9 Å². The molecular formula is C13H21N3OS. The monoisotopic (exact) mass is 267 g/mol. The van der Waals surface area contributed by atoms with Crippen LogP contribution in [0, 0.1) is 0 Å². The zero-order valence-electron chi connectivity index (χ0n) is 10.9. The Bertz CT molecular complexity index is 389. The fraction of sp³-hybridized carbons (Fsp3) is 0.769. The molecule has 0 saturated carbocycles. The van der Waals surface area contributed by atoms with Crippen LogP contribution >= 0.6 is 11.3 Å². The number of thiazole rings is 1. The molecule has 0 aliphatic carbocycles. The topological polar surface area (TPSA) is 37.4 Å². The molecule has 2 saturated heterocycles. The lowest BCUT2D eigenvalue weighted by atomic mass is 9.96. The molecule has 1 N–H and O–H groups in total. The SMILES string of the molecule is CN1CCCC(c2csc(C3COCCN3)n2)C1. The number of morpholine rings is 1. The van der Waals surface area contributed by atoms with E-state index in [9.17, 15) is 0 Å². The highest BCUT2D eigenvalue weighted by Gasteiger charge is 2.24. The van der Waals surface area contributed by atoms with Gasteiger partial charge < -0.3 is 15.0 Å². The molecule has 0 spiro atoms. The molecule has 0 bridgehead atoms. The average Bonchev–Trinajstić information content (AvgIpc) is 2.89. The van der Waals surface area contributed by atoms with E-state index in [1.165, 1.54) is 30.1 Å². The Labute approximate surface area is 112 Å². The van der Waals surface area contributed by atoms with Crippen LogP contribution in [0.4, 0.5) is 0 Å². The first kappa shape index (κ1) is 12.5. The number of piperidine rings is 1. The van der Waals surface area contributed by atoms with Crippen molar-refractivity contribution in [2.75, 3.05) is 39.9 Å². The third kappa shape index (κ3) is 2.74. The van der Waals surface area contributed by atoms with Crippen molar-refractivity contribution in [2.45, 2.75) is 24.8 Å². The molecule has 2 atom stereocenters. The van der Waals surface area contributed by atoms with E-state index in [1.807, 2.05) is 0 Å². The smallest absolute Gasteiger partial charge is 0.112 e. The van der Waals surface area contributed by atoms with Gasteiger partial charge in [0, 0.05) is 24.4 Å². The number of nitrogens with zero attached hydrogens (tertiary/aromatic N) is 2. The van der Waals surface area contributed by atoms with E-state index >= 15 is 0 Å². The maximum atomic E-state index is 5.50. The van der Waals surface area contributed by atoms with Gasteiger partial charge in [-0.25, -0.2) is 4.98 Å². The maximum Gasteiger partial charge on any atom is 0.112 e. The van der Waals surface area contributed by atoms with Crippen LogP contribution < -0.4 is 5.32 Å². The first-order valence-electron chi connectivity index (χ1n) is 6.78. The highest BCUT2D eigenvalue weighted by Crippen LogP contribution is 2.29. The number of hydrogen-bond acceptors (Lipinski definition) is 5. The van der Waals surface area contributed by atoms with E-state index in [-0.39, 0.29) is 0 Å². The molecule has 1 aromatic heterocycles. The second kappa shape index (κ2) is 5.65. The van der Waals surface area contributed by atoms with Gasteiger partial charge >= 0.3 is 0 Å². The number of likely N-dealkylation sites (N-methyl/N-ethyl adjacent to an activating group) is 1. The number of ether oxygens (including phenoxy) is 1. The number of nitrogens with one attached hydrogen (secondary N) is 1. The first-order valence-corrected chi connectivity index (χ1v) is 7.66. The third-order valence-electron chi connectivity index (χ3n) is 3.80. The fourth-order valence-corrected chi connectivity index (χ4v) is 3.74. The molecule has 2 fully saturated rings. The zero-order chi connectivity index (χ0) is 12.4. The van der Waals surface area contributed by atoms with E-state index in [0.29, 0.717) is 12.0 Å². The average molecular weight is 267 g/mol. The predicted molar refractivity (Wildman–Crippen MR) is 73.1 cm³/mol. The summed E-state index contributed by atoms with van der Waals surface area (Å²) < 4.78 is 5.50. The summed E-state index contributed by atoms with van der Waals surface area (Å²) >= 11 is 1.78. The van der Waals surface area contributed by atoms with Gasteiger partial charge in [-0.3, -0.25) is 0 Å². The van der Waals surface area contributed by atoms with Crippen molar-refractivity contribution in [3.63, 3.8) is 0 Å². The third-order valence-corrected chi connectivity index (χ3v) is 4.78. The van der Waals surface area contributed by atoms with Crippen molar-refractivity contribution in [1.29, 1.82) is 0 Å². The van der Waals surface area contributed by atoms with Crippen LogP contribution in [-0.4, -0.2) is 49.8 Å². The molecule has 100 valence electrons. The molecule has 0 radical (unpaired) electrons. The maximum absolute atomic E-state index is 5.50. The minimum Gasteiger partial charge on any atom is -0.378 e. The second-order valence-electron chi connectivity index (χ2n) is 5.29. The number of rotatable bonds is 2. The Morgan fingerprint density at radius 1 is 1.56 bits per heavy atom. The van der Waals surface area contributed by atoms with Crippen LogP contribution in [0.2, 0.25) is 0 Å². The van der Waals surface area contributed by atoms with Gasteiger partial charge in [-0.05, 0) is 26.4 Å². The quantitative estimate of drug-likeness (QED) is 0.883. The van der Waals surface area contributed by atoms with Gasteiger partial charge in [0.2, 0.25) is 0 Å². The Hall–Kier alpha value is -0.490. The molecule has 2 aliphatic heterocycles. The van der Waals surface area contributed by atoms with E-state index in [1.54, 1.807) is 11.3 Å². The van der Waals surface area contributed by atoms with Gasteiger partial charge in [-0.2, -0.15) is 0 Å². The van der Waals surface area contributed by atoms with Gasteiger partial charge in [-0.1, -0.05) is 0 Å². The number of likely N-dealkylation sites (tertiary alicyclic amines) is 1. The van der Waals surface area contributed by atoms with Gasteiger partial charge in [0.15, 0.2) is 0 Å². The van der Waals surface area contributed by atoms with Crippen LogP contribution in [0.1, 0.15) is 35.5 Å². The Morgan fingerprint density at radius 3 is 3.28 bits per heavy atom. The second-order valence-corrected chi connectivity index (χ2v) is 6.18. The molecule has 0 aromatic carbocycles. The fourth-order valence-electron chi connectivity index (χ4n) is 2.78. The lowest BCUT2D eigenvalue weighted by Gasteiger charge is -2.28. The van der Waals surface area contributed by atoms with Crippen LogP contribution in [0.15, 0.2) is 5.38 Å². The predicted octanol–water partition coefficient (Wildman–Crippen LogP) is 1.61. The Kier molecular flexibility index (Phi) is 3.94. The van der Waals surface area contributed by atoms with Crippen molar-refractivity contribution in [1.82, 2.24) is 15.2 Å². The van der Waals surface area contributed by atoms with Crippen molar-refractivity contribution in [3.05, 3.63) is 16.1 Å². The summed E-state index contributed by atoms with van der Waals surface area (Å²) in [6, 6.07) is 0.304. The number of hydrogen-bond donors (Lipinski definition) is 1. The van der Waals surface area contributed by atoms with Crippen LogP contribution in [0.5, 0.6) is 0 Å². The van der Waals surface area contributed by atoms with Crippen LogP contribution in [-0.2, 0) is 4.74 Å². The van der Waals surface area contributed by atoms with E-state index in [2.05, 4.69) is 22.6 Å². The van der Waals surface area contributed by atoms with Crippen molar-refractivity contribution < 1.29 is 4.74 Å². The summed E-state index contributed by atoms with van der Waals surface area (Å²) in [4.78, 5) is 7.25. The van der Waals surface area contributed by atoms with Crippen LogP contribution in [0.3, 0.4) is 0 Å². The highest BCUT2D eigenvalue weighted by atomic mass is 32.1. The van der Waals surface area contributed by atoms with Gasteiger partial charge in [-0.15, -0.1) is 11.3 Å². The molecule has 3 heterocycles. The molecule has 18 heavy (non-hydrogen) atoms. The molecule has 5 heteroatoms. The molecule has 4 nitrogen and oxygen atoms in total. The highest BCUT2D eigenvalue weighted by molar-refractivity contribution is 7.09. The largest absolute Gasteiger partial charge is 0.378 e. The Morgan fingerprint density at radius 2 is 2.50 bits per heavy atom. The lowest BCUT2D eigenvalue weighted by Crippen LogP contribution is -2.34. The molecular weight excluding hydrogens is 246 g/mol. The summed E-state index contributed by atoms with van der Waals surface area (Å²) in [6.45, 7) is 4.90. The van der Waals surface area contributed by atoms with Crippen molar-refractivity contribution in [3.8, 4) is 0 Å². The van der Waals surface area contributed by atoms with Gasteiger partial charge in [0.25, 0.3) is 0 Å². The summed E-state index contributed by atoms with van der Waals surface area (Å²) in [5.41, 5.74) is 1.29. The first-order chi connectivity index (χ1) is 8.83. The van der Waals surface area contributed by atoms with Crippen molar-refractivity contribution >= 4 is 11.3 Å². The zero-order valence-corrected chi connectivity index (χ0v) is 11.7. The Balaban J connectivity index is 1.68. The summed E-state index contributed by atoms with van der Waals surface area (Å²) in [5.74, 6) is 0.623. The molecule has 2 aliphatic rings. The van der Waals surface area contributed by atoms with Crippen LogP contribution in [0.25, 0.3) is 0 Å². The standard InChI is InChI=1S/C13H21N3OS/c1-16-5-2-3-10(7-16)12-9-18-13(15-12)11-8-17-6-4-14-11/h9-11,14H,2-8H2,1H3. The number of aromatic nitrogens is 1. The molecule has 0 amide bonds.